The molecule has 0 fully saturated rings. The van der Waals surface area contributed by atoms with Crippen LogP contribution in [-0.2, 0) is 17.9 Å². The molecule has 36 heavy (non-hydrogen) atoms. The largest absolute Gasteiger partial charge is 0.480 e. The molecule has 186 valence electrons. The molecule has 0 saturated carbocycles. The molecule has 0 atom stereocenters. The van der Waals surface area contributed by atoms with E-state index in [0.29, 0.717) is 16.7 Å². The van der Waals surface area contributed by atoms with Gasteiger partial charge in [0.2, 0.25) is 5.82 Å². The number of carboxylic acid groups (broad SMARTS) is 1. The van der Waals surface area contributed by atoms with Crippen LogP contribution in [0.2, 0.25) is 0 Å². The summed E-state index contributed by atoms with van der Waals surface area (Å²) in [5, 5.41) is 23.4. The van der Waals surface area contributed by atoms with Gasteiger partial charge in [-0.2, -0.15) is 4.98 Å². The first-order chi connectivity index (χ1) is 17.1. The molecule has 0 unspecified atom stereocenters. The fourth-order valence-electron chi connectivity index (χ4n) is 3.88. The first-order valence-electron chi connectivity index (χ1n) is 11.5. The summed E-state index contributed by atoms with van der Waals surface area (Å²) in [7, 11) is 1.64. The molecule has 7 nitrogen and oxygen atoms in total. The number of aliphatic carboxylic acids is 1. The summed E-state index contributed by atoms with van der Waals surface area (Å²) in [4.78, 5) is 17.5. The number of carboxylic acids is 1. The second kappa shape index (κ2) is 10.0. The van der Waals surface area contributed by atoms with Crippen molar-refractivity contribution in [3.8, 4) is 34.0 Å². The number of hydrogen-bond donors (Lipinski definition) is 2. The third kappa shape index (κ3) is 4.91. The Morgan fingerprint density at radius 2 is 1.75 bits per heavy atom. The van der Waals surface area contributed by atoms with Crippen molar-refractivity contribution in [1.82, 2.24) is 15.0 Å². The van der Waals surface area contributed by atoms with Crippen molar-refractivity contribution in [3.63, 3.8) is 0 Å². The number of benzene rings is 3. The van der Waals surface area contributed by atoms with Crippen LogP contribution >= 0.6 is 0 Å². The van der Waals surface area contributed by atoms with E-state index < -0.39 is 17.3 Å². The minimum absolute atomic E-state index is 0.125. The number of rotatable bonds is 8. The number of aliphatic hydroxyl groups is 1. The predicted octanol–water partition coefficient (Wildman–Crippen LogP) is 5.31. The van der Waals surface area contributed by atoms with Gasteiger partial charge in [-0.3, -0.25) is 9.69 Å². The summed E-state index contributed by atoms with van der Waals surface area (Å²) in [6.07, 6.45) is 0. The van der Waals surface area contributed by atoms with Gasteiger partial charge in [0, 0.05) is 23.2 Å². The SMILES string of the molecule is Cc1ccccc1-c1ccc(-c2nc(-c3ccc(CN(C)C(C)(C)C(=O)O)c(F)c3)no2)cc1CO. The molecule has 0 aliphatic heterocycles. The molecule has 1 heterocycles. The minimum atomic E-state index is -1.14. The Kier molecular flexibility index (Phi) is 7.01. The third-order valence-corrected chi connectivity index (χ3v) is 6.58. The summed E-state index contributed by atoms with van der Waals surface area (Å²) in [5.41, 5.74) is 4.08. The molecule has 0 saturated heterocycles. The van der Waals surface area contributed by atoms with Gasteiger partial charge in [-0.1, -0.05) is 47.6 Å². The topological polar surface area (TPSA) is 99.7 Å². The molecule has 0 radical (unpaired) electrons. The normalized spacial score (nSPS) is 11.8. The standard InChI is InChI=1S/C28H28FN3O4/c1-17-7-5-6-8-22(17)23-12-11-19(13-21(23)16-33)26-30-25(31-36-26)18-9-10-20(24(29)14-18)15-32(4)28(2,3)27(34)35/h5-14,33H,15-16H2,1-4H3,(H,34,35). The first kappa shape index (κ1) is 25.2. The third-order valence-electron chi connectivity index (χ3n) is 6.58. The van der Waals surface area contributed by atoms with Gasteiger partial charge >= 0.3 is 5.97 Å². The molecule has 0 aliphatic rings. The summed E-state index contributed by atoms with van der Waals surface area (Å²) >= 11 is 0. The molecule has 0 aliphatic carbocycles. The quantitative estimate of drug-likeness (QED) is 0.346. The van der Waals surface area contributed by atoms with Crippen molar-refractivity contribution in [1.29, 1.82) is 0 Å². The summed E-state index contributed by atoms with van der Waals surface area (Å²) < 4.78 is 20.3. The van der Waals surface area contributed by atoms with Crippen LogP contribution in [0.1, 0.15) is 30.5 Å². The van der Waals surface area contributed by atoms with Crippen molar-refractivity contribution >= 4 is 5.97 Å². The smallest absolute Gasteiger partial charge is 0.323 e. The number of likely N-dealkylation sites (N-methyl/N-ethyl adjacent to an activating group) is 1. The summed E-state index contributed by atoms with van der Waals surface area (Å²) in [6.45, 7) is 5.12. The molecule has 0 amide bonds. The molecular weight excluding hydrogens is 461 g/mol. The fraction of sp³-hybridized carbons (Fsp3) is 0.250. The molecular formula is C28H28FN3O4. The van der Waals surface area contributed by atoms with Crippen LogP contribution in [0.4, 0.5) is 4.39 Å². The van der Waals surface area contributed by atoms with E-state index in [0.717, 1.165) is 22.3 Å². The fourth-order valence-corrected chi connectivity index (χ4v) is 3.88. The van der Waals surface area contributed by atoms with E-state index in [1.165, 1.54) is 6.07 Å². The Labute approximate surface area is 208 Å². The zero-order chi connectivity index (χ0) is 26.0. The maximum absolute atomic E-state index is 14.9. The highest BCUT2D eigenvalue weighted by atomic mass is 19.1. The lowest BCUT2D eigenvalue weighted by atomic mass is 9.95. The molecule has 1 aromatic heterocycles. The average Bonchev–Trinajstić information content (AvgIpc) is 3.35. The van der Waals surface area contributed by atoms with Gasteiger partial charge in [-0.05, 0) is 68.3 Å². The lowest BCUT2D eigenvalue weighted by Gasteiger charge is -2.31. The monoisotopic (exact) mass is 489 g/mol. The van der Waals surface area contributed by atoms with Crippen LogP contribution in [0.5, 0.6) is 0 Å². The highest BCUT2D eigenvalue weighted by molar-refractivity contribution is 5.77. The van der Waals surface area contributed by atoms with E-state index in [9.17, 15) is 19.4 Å². The van der Waals surface area contributed by atoms with Gasteiger partial charge in [0.15, 0.2) is 0 Å². The lowest BCUT2D eigenvalue weighted by molar-refractivity contribution is -0.148. The molecule has 8 heteroatoms. The van der Waals surface area contributed by atoms with Crippen molar-refractivity contribution < 1.29 is 23.9 Å². The lowest BCUT2D eigenvalue weighted by Crippen LogP contribution is -2.47. The molecule has 3 aromatic carbocycles. The van der Waals surface area contributed by atoms with Gasteiger partial charge in [-0.25, -0.2) is 4.39 Å². The number of halogens is 1. The van der Waals surface area contributed by atoms with E-state index in [1.54, 1.807) is 37.9 Å². The molecule has 0 spiro atoms. The van der Waals surface area contributed by atoms with Crippen LogP contribution in [-0.4, -0.2) is 43.8 Å². The Hall–Kier alpha value is -3.88. The molecule has 4 aromatic rings. The zero-order valence-electron chi connectivity index (χ0n) is 20.6. The van der Waals surface area contributed by atoms with E-state index >= 15 is 0 Å². The van der Waals surface area contributed by atoms with E-state index in [1.807, 2.05) is 49.4 Å². The van der Waals surface area contributed by atoms with Gasteiger partial charge in [0.25, 0.3) is 5.89 Å². The van der Waals surface area contributed by atoms with Crippen LogP contribution < -0.4 is 0 Å². The van der Waals surface area contributed by atoms with E-state index in [2.05, 4.69) is 10.1 Å². The number of aliphatic hydroxyl groups excluding tert-OH is 1. The molecule has 4 rings (SSSR count). The highest BCUT2D eigenvalue weighted by Gasteiger charge is 2.32. The minimum Gasteiger partial charge on any atom is -0.480 e. The maximum Gasteiger partial charge on any atom is 0.323 e. The number of hydrogen-bond acceptors (Lipinski definition) is 6. The van der Waals surface area contributed by atoms with E-state index in [-0.39, 0.29) is 24.9 Å². The van der Waals surface area contributed by atoms with Crippen LogP contribution in [0.15, 0.2) is 65.2 Å². The summed E-state index contributed by atoms with van der Waals surface area (Å²) in [5.74, 6) is -0.999. The Morgan fingerprint density at radius 1 is 1.03 bits per heavy atom. The zero-order valence-corrected chi connectivity index (χ0v) is 20.6. The van der Waals surface area contributed by atoms with Crippen LogP contribution in [0, 0.1) is 12.7 Å². The van der Waals surface area contributed by atoms with Crippen LogP contribution in [0.3, 0.4) is 0 Å². The van der Waals surface area contributed by atoms with Crippen molar-refractivity contribution in [3.05, 3.63) is 83.2 Å². The van der Waals surface area contributed by atoms with Gasteiger partial charge in [0.05, 0.1) is 6.61 Å². The molecule has 2 N–H and O–H groups in total. The van der Waals surface area contributed by atoms with Gasteiger partial charge in [0.1, 0.15) is 11.4 Å². The van der Waals surface area contributed by atoms with Crippen molar-refractivity contribution in [2.75, 3.05) is 7.05 Å². The van der Waals surface area contributed by atoms with E-state index in [4.69, 9.17) is 4.52 Å². The van der Waals surface area contributed by atoms with Gasteiger partial charge in [-0.15, -0.1) is 0 Å². The second-order valence-corrected chi connectivity index (χ2v) is 9.29. The molecule has 0 bridgehead atoms. The maximum atomic E-state index is 14.9. The number of aryl methyl sites for hydroxylation is 1. The predicted molar refractivity (Wildman–Crippen MR) is 134 cm³/mol. The Morgan fingerprint density at radius 3 is 2.42 bits per heavy atom. The number of aromatic nitrogens is 2. The average molecular weight is 490 g/mol. The Bertz CT molecular complexity index is 1410. The summed E-state index contributed by atoms with van der Waals surface area (Å²) in [6, 6.07) is 18.1. The van der Waals surface area contributed by atoms with Crippen molar-refractivity contribution in [2.24, 2.45) is 0 Å². The Balaban J connectivity index is 1.58. The first-order valence-corrected chi connectivity index (χ1v) is 11.5. The second-order valence-electron chi connectivity index (χ2n) is 9.29. The number of nitrogens with zero attached hydrogens (tertiary/aromatic N) is 3. The van der Waals surface area contributed by atoms with Gasteiger partial charge < -0.3 is 14.7 Å². The van der Waals surface area contributed by atoms with Crippen molar-refractivity contribution in [2.45, 2.75) is 39.5 Å². The number of carbonyl (C=O) groups is 1. The van der Waals surface area contributed by atoms with Crippen LogP contribution in [0.25, 0.3) is 34.0 Å². The highest BCUT2D eigenvalue weighted by Crippen LogP contribution is 2.31.